The van der Waals surface area contributed by atoms with Gasteiger partial charge in [0.2, 0.25) is 6.79 Å². The first kappa shape index (κ1) is 17.2. The Labute approximate surface area is 157 Å². The molecule has 138 valence electrons. The number of ether oxygens (including phenoxy) is 2. The zero-order valence-corrected chi connectivity index (χ0v) is 14.9. The maximum absolute atomic E-state index is 12.7. The molecular formula is C21H21N2O4+. The van der Waals surface area contributed by atoms with Crippen molar-refractivity contribution >= 4 is 11.6 Å². The molecule has 27 heavy (non-hydrogen) atoms. The number of anilines is 1. The largest absolute Gasteiger partial charge is 0.463 e. The summed E-state index contributed by atoms with van der Waals surface area (Å²) in [5.74, 6) is 2.04. The normalized spacial score (nSPS) is 14.6. The Morgan fingerprint density at radius 1 is 1.04 bits per heavy atom. The molecule has 6 heteroatoms. The van der Waals surface area contributed by atoms with Crippen LogP contribution in [0.4, 0.5) is 5.69 Å². The number of amides is 1. The number of nitrogens with one attached hydrogen (secondary N) is 1. The zero-order valence-electron chi connectivity index (χ0n) is 14.9. The van der Waals surface area contributed by atoms with Crippen molar-refractivity contribution in [1.29, 1.82) is 0 Å². The van der Waals surface area contributed by atoms with Crippen molar-refractivity contribution < 1.29 is 24.0 Å². The van der Waals surface area contributed by atoms with Crippen LogP contribution in [-0.4, -0.2) is 18.7 Å². The molecule has 3 aromatic rings. The Balaban J connectivity index is 1.47. The lowest BCUT2D eigenvalue weighted by molar-refractivity contribution is -0.706. The lowest BCUT2D eigenvalue weighted by atomic mass is 10.0. The highest BCUT2D eigenvalue weighted by Crippen LogP contribution is 2.34. The second-order valence-electron chi connectivity index (χ2n) is 6.44. The average Bonchev–Trinajstić information content (AvgIpc) is 3.38. The van der Waals surface area contributed by atoms with Crippen molar-refractivity contribution in [3.63, 3.8) is 0 Å². The number of carbonyl (C=O) groups excluding carboxylic acids is 1. The van der Waals surface area contributed by atoms with Gasteiger partial charge < -0.3 is 24.5 Å². The summed E-state index contributed by atoms with van der Waals surface area (Å²) in [6.07, 6.45) is 1.65. The summed E-state index contributed by atoms with van der Waals surface area (Å²) in [5.41, 5.74) is 1.76. The Hall–Kier alpha value is -3.25. The highest BCUT2D eigenvalue weighted by atomic mass is 16.7. The van der Waals surface area contributed by atoms with Crippen molar-refractivity contribution in [1.82, 2.24) is 0 Å². The highest BCUT2D eigenvalue weighted by molar-refractivity contribution is 5.93. The molecule has 2 atom stereocenters. The van der Waals surface area contributed by atoms with Crippen LogP contribution in [0.3, 0.4) is 0 Å². The van der Waals surface area contributed by atoms with Gasteiger partial charge in [-0.15, -0.1) is 0 Å². The molecule has 0 saturated carbocycles. The van der Waals surface area contributed by atoms with Gasteiger partial charge in [0.15, 0.2) is 29.3 Å². The SMILES string of the molecule is C[C@H]([NH2+][C@@H](c1ccccc1)c1ccco1)C(=O)Nc1ccc2c(c1)OCO2. The average molecular weight is 365 g/mol. The minimum absolute atomic E-state index is 0.0960. The van der Waals surface area contributed by atoms with E-state index in [1.807, 2.05) is 54.7 Å². The van der Waals surface area contributed by atoms with Gasteiger partial charge in [0, 0.05) is 17.3 Å². The first-order valence-electron chi connectivity index (χ1n) is 8.84. The molecular weight excluding hydrogens is 344 g/mol. The van der Waals surface area contributed by atoms with Gasteiger partial charge in [0.05, 0.1) is 6.26 Å². The van der Waals surface area contributed by atoms with E-state index in [-0.39, 0.29) is 24.8 Å². The van der Waals surface area contributed by atoms with E-state index >= 15 is 0 Å². The third kappa shape index (κ3) is 3.80. The third-order valence-electron chi connectivity index (χ3n) is 4.54. The molecule has 0 unspecified atom stereocenters. The molecule has 1 amide bonds. The number of quaternary nitrogens is 1. The number of nitrogens with two attached hydrogens (primary N) is 1. The number of hydrogen-bond acceptors (Lipinski definition) is 4. The third-order valence-corrected chi connectivity index (χ3v) is 4.54. The van der Waals surface area contributed by atoms with Crippen LogP contribution >= 0.6 is 0 Å². The maximum Gasteiger partial charge on any atom is 0.282 e. The van der Waals surface area contributed by atoms with Crippen LogP contribution in [0, 0.1) is 0 Å². The topological polar surface area (TPSA) is 77.3 Å². The molecule has 2 heterocycles. The molecule has 6 nitrogen and oxygen atoms in total. The Bertz CT molecular complexity index is 909. The summed E-state index contributed by atoms with van der Waals surface area (Å²) in [5, 5.41) is 4.93. The molecule has 3 N–H and O–H groups in total. The number of benzene rings is 2. The second kappa shape index (κ2) is 7.55. The van der Waals surface area contributed by atoms with Crippen molar-refractivity contribution in [3.8, 4) is 11.5 Å². The van der Waals surface area contributed by atoms with E-state index in [2.05, 4.69) is 5.32 Å². The van der Waals surface area contributed by atoms with Crippen molar-refractivity contribution in [2.24, 2.45) is 0 Å². The monoisotopic (exact) mass is 365 g/mol. The van der Waals surface area contributed by atoms with E-state index in [9.17, 15) is 4.79 Å². The molecule has 1 aliphatic rings. The van der Waals surface area contributed by atoms with Gasteiger partial charge >= 0.3 is 0 Å². The summed E-state index contributed by atoms with van der Waals surface area (Å²) in [6.45, 7) is 2.08. The number of hydrogen-bond donors (Lipinski definition) is 2. The van der Waals surface area contributed by atoms with Crippen LogP contribution in [-0.2, 0) is 4.79 Å². The van der Waals surface area contributed by atoms with Gasteiger partial charge in [0.1, 0.15) is 0 Å². The zero-order chi connectivity index (χ0) is 18.6. The van der Waals surface area contributed by atoms with E-state index in [0.29, 0.717) is 17.2 Å². The van der Waals surface area contributed by atoms with E-state index < -0.39 is 0 Å². The molecule has 0 spiro atoms. The first-order valence-corrected chi connectivity index (χ1v) is 8.84. The lowest BCUT2D eigenvalue weighted by Gasteiger charge is -2.18. The molecule has 0 aliphatic carbocycles. The van der Waals surface area contributed by atoms with Gasteiger partial charge in [-0.1, -0.05) is 30.3 Å². The van der Waals surface area contributed by atoms with E-state index in [1.54, 1.807) is 24.5 Å². The smallest absolute Gasteiger partial charge is 0.282 e. The molecule has 1 aliphatic heterocycles. The fraction of sp³-hybridized carbons (Fsp3) is 0.190. The summed E-state index contributed by atoms with van der Waals surface area (Å²) in [6, 6.07) is 18.7. The molecule has 2 aromatic carbocycles. The molecule has 0 fully saturated rings. The molecule has 4 rings (SSSR count). The predicted octanol–water partition coefficient (Wildman–Crippen LogP) is 2.69. The number of fused-ring (bicyclic) bond motifs is 1. The van der Waals surface area contributed by atoms with Gasteiger partial charge in [-0.05, 0) is 31.2 Å². The summed E-state index contributed by atoms with van der Waals surface area (Å²) >= 11 is 0. The van der Waals surface area contributed by atoms with Crippen LogP contribution in [0.25, 0.3) is 0 Å². The van der Waals surface area contributed by atoms with Crippen LogP contribution in [0.5, 0.6) is 11.5 Å². The second-order valence-corrected chi connectivity index (χ2v) is 6.44. The van der Waals surface area contributed by atoms with Gasteiger partial charge in [-0.3, -0.25) is 4.79 Å². The fourth-order valence-corrected chi connectivity index (χ4v) is 3.11. The Morgan fingerprint density at radius 2 is 1.85 bits per heavy atom. The van der Waals surface area contributed by atoms with Crippen LogP contribution in [0.15, 0.2) is 71.3 Å². The standard InChI is InChI=1S/C21H20N2O4/c1-14(21(24)23-16-9-10-17-19(12-16)27-13-26-17)22-20(18-8-5-11-25-18)15-6-3-2-4-7-15/h2-12,14,20,22H,13H2,1H3,(H,23,24)/p+1/t14-,20-/m0/s1. The Kier molecular flexibility index (Phi) is 4.80. The summed E-state index contributed by atoms with van der Waals surface area (Å²) in [4.78, 5) is 12.7. The van der Waals surface area contributed by atoms with Crippen molar-refractivity contribution in [3.05, 3.63) is 78.3 Å². The highest BCUT2D eigenvalue weighted by Gasteiger charge is 2.27. The molecule has 0 bridgehead atoms. The predicted molar refractivity (Wildman–Crippen MR) is 99.6 cm³/mol. The maximum atomic E-state index is 12.7. The van der Waals surface area contributed by atoms with Crippen LogP contribution in [0.2, 0.25) is 0 Å². The number of furan rings is 1. The van der Waals surface area contributed by atoms with E-state index in [4.69, 9.17) is 13.9 Å². The Morgan fingerprint density at radius 3 is 2.63 bits per heavy atom. The van der Waals surface area contributed by atoms with Gasteiger partial charge in [0.25, 0.3) is 5.91 Å². The minimum Gasteiger partial charge on any atom is -0.463 e. The number of rotatable bonds is 6. The fourth-order valence-electron chi connectivity index (χ4n) is 3.11. The number of carbonyl (C=O) groups is 1. The molecule has 1 aromatic heterocycles. The molecule has 0 radical (unpaired) electrons. The first-order chi connectivity index (χ1) is 13.2. The lowest BCUT2D eigenvalue weighted by Crippen LogP contribution is -2.92. The van der Waals surface area contributed by atoms with Crippen molar-refractivity contribution in [2.45, 2.75) is 19.0 Å². The molecule has 0 saturated heterocycles. The van der Waals surface area contributed by atoms with Crippen molar-refractivity contribution in [2.75, 3.05) is 12.1 Å². The van der Waals surface area contributed by atoms with Gasteiger partial charge in [-0.2, -0.15) is 0 Å². The van der Waals surface area contributed by atoms with Crippen LogP contribution < -0.4 is 20.1 Å². The van der Waals surface area contributed by atoms with E-state index in [1.165, 1.54) is 0 Å². The minimum atomic E-state index is -0.328. The summed E-state index contributed by atoms with van der Waals surface area (Å²) < 4.78 is 16.3. The quantitative estimate of drug-likeness (QED) is 0.704. The van der Waals surface area contributed by atoms with Gasteiger partial charge in [-0.25, -0.2) is 0 Å². The summed E-state index contributed by atoms with van der Waals surface area (Å²) in [7, 11) is 0. The van der Waals surface area contributed by atoms with E-state index in [0.717, 1.165) is 11.3 Å². The van der Waals surface area contributed by atoms with Crippen LogP contribution in [0.1, 0.15) is 24.3 Å².